The molecule has 226 valence electrons. The van der Waals surface area contributed by atoms with E-state index < -0.39 is 53.8 Å². The maximum atomic E-state index is 15.5. The second-order valence-electron chi connectivity index (χ2n) is 9.32. The van der Waals surface area contributed by atoms with E-state index in [0.29, 0.717) is 11.2 Å². The Balaban J connectivity index is 1.69. The lowest BCUT2D eigenvalue weighted by molar-refractivity contribution is -0.274. The van der Waals surface area contributed by atoms with Gasteiger partial charge in [-0.05, 0) is 36.8 Å². The Morgan fingerprint density at radius 3 is 2.56 bits per heavy atom. The van der Waals surface area contributed by atoms with Crippen LogP contribution in [-0.4, -0.2) is 69.9 Å². The molecule has 0 aliphatic heterocycles. The van der Waals surface area contributed by atoms with Crippen LogP contribution < -0.4 is 10.1 Å². The molecule has 0 spiro atoms. The number of hydrogen-bond acceptors (Lipinski definition) is 8. The number of anilines is 1. The Labute approximate surface area is 241 Å². The van der Waals surface area contributed by atoms with E-state index in [9.17, 15) is 22.8 Å². The molecule has 2 aromatic heterocycles. The molecule has 0 aliphatic rings. The summed E-state index contributed by atoms with van der Waals surface area (Å²) in [7, 11) is 3.46. The van der Waals surface area contributed by atoms with E-state index >= 15 is 8.78 Å². The van der Waals surface area contributed by atoms with Crippen molar-refractivity contribution in [3.05, 3.63) is 65.6 Å². The second kappa shape index (κ2) is 12.4. The van der Waals surface area contributed by atoms with Crippen molar-refractivity contribution in [3.8, 4) is 11.4 Å². The highest BCUT2D eigenvalue weighted by molar-refractivity contribution is 5.96. The van der Waals surface area contributed by atoms with Crippen LogP contribution in [0.5, 0.6) is 5.75 Å². The van der Waals surface area contributed by atoms with Gasteiger partial charge in [-0.1, -0.05) is 12.1 Å². The number of nitrogens with one attached hydrogen (secondary N) is 1. The molecule has 0 aliphatic carbocycles. The molecule has 1 atom stereocenters. The van der Waals surface area contributed by atoms with Crippen molar-refractivity contribution in [1.82, 2.24) is 24.6 Å². The number of nitrogens with zero attached hydrogens (tertiary/aromatic N) is 6. The van der Waals surface area contributed by atoms with Crippen molar-refractivity contribution in [2.75, 3.05) is 26.0 Å². The predicted octanol–water partition coefficient (Wildman–Crippen LogP) is 4.81. The van der Waals surface area contributed by atoms with Crippen LogP contribution in [0.3, 0.4) is 0 Å². The van der Waals surface area contributed by atoms with Gasteiger partial charge in [-0.15, -0.1) is 13.2 Å². The number of esters is 1. The fraction of sp³-hybridized carbons (Fsp3) is 0.259. The van der Waals surface area contributed by atoms with Gasteiger partial charge < -0.3 is 19.7 Å². The first-order chi connectivity index (χ1) is 20.2. The number of halogens is 5. The zero-order valence-electron chi connectivity index (χ0n) is 23.1. The lowest BCUT2D eigenvalue weighted by atomic mass is 9.98. The van der Waals surface area contributed by atoms with Gasteiger partial charge in [0, 0.05) is 21.0 Å². The Bertz CT molecular complexity index is 1710. The van der Waals surface area contributed by atoms with Crippen molar-refractivity contribution in [3.63, 3.8) is 0 Å². The van der Waals surface area contributed by atoms with Gasteiger partial charge in [0.2, 0.25) is 5.91 Å². The molecule has 0 saturated carbocycles. The van der Waals surface area contributed by atoms with E-state index in [0.717, 1.165) is 35.9 Å². The van der Waals surface area contributed by atoms with Crippen LogP contribution >= 0.6 is 0 Å². The third kappa shape index (κ3) is 7.20. The van der Waals surface area contributed by atoms with Crippen LogP contribution in [-0.2, 0) is 14.3 Å². The number of aryl methyl sites for hydroxylation is 1. The molecule has 0 unspecified atom stereocenters. The first-order valence-corrected chi connectivity index (χ1v) is 12.4. The monoisotopic (exact) mass is 605 g/mol. The van der Waals surface area contributed by atoms with Gasteiger partial charge in [-0.3, -0.25) is 9.59 Å². The summed E-state index contributed by atoms with van der Waals surface area (Å²) in [6, 6.07) is 6.65. The SMILES string of the molecule is CC(=O)OC[C@H](C(=O)Nc1ccc(-n2nc(C)c3ncnc(N=CN(C)C)c32)c(F)c1F)c1cccc(OC(F)(F)F)c1. The lowest BCUT2D eigenvalue weighted by Crippen LogP contribution is -2.27. The summed E-state index contributed by atoms with van der Waals surface area (Å²) in [5.74, 6) is -6.51. The highest BCUT2D eigenvalue weighted by Crippen LogP contribution is 2.32. The number of ether oxygens (including phenoxy) is 2. The highest BCUT2D eigenvalue weighted by atomic mass is 19.4. The van der Waals surface area contributed by atoms with Gasteiger partial charge in [0.15, 0.2) is 17.5 Å². The summed E-state index contributed by atoms with van der Waals surface area (Å²) < 4.78 is 78.9. The molecule has 1 N–H and O–H groups in total. The van der Waals surface area contributed by atoms with Gasteiger partial charge in [0.05, 0.1) is 23.6 Å². The van der Waals surface area contributed by atoms with Crippen LogP contribution in [0, 0.1) is 18.6 Å². The molecule has 4 rings (SSSR count). The largest absolute Gasteiger partial charge is 0.573 e. The average molecular weight is 606 g/mol. The molecule has 0 saturated heterocycles. The molecular weight excluding hydrogens is 581 g/mol. The zero-order valence-corrected chi connectivity index (χ0v) is 23.1. The normalized spacial score (nSPS) is 12.4. The average Bonchev–Trinajstić information content (AvgIpc) is 3.26. The Kier molecular flexibility index (Phi) is 8.87. The van der Waals surface area contributed by atoms with Gasteiger partial charge in [-0.2, -0.15) is 5.10 Å². The van der Waals surface area contributed by atoms with E-state index in [-0.39, 0.29) is 22.6 Å². The number of carbonyl (C=O) groups excluding carboxylic acids is 2. The maximum absolute atomic E-state index is 15.5. The number of aliphatic imine (C=N–C) groups is 1. The predicted molar refractivity (Wildman–Crippen MR) is 144 cm³/mol. The summed E-state index contributed by atoms with van der Waals surface area (Å²) in [4.78, 5) is 38.8. The lowest BCUT2D eigenvalue weighted by Gasteiger charge is -2.19. The third-order valence-electron chi connectivity index (χ3n) is 5.83. The summed E-state index contributed by atoms with van der Waals surface area (Å²) >= 11 is 0. The minimum Gasteiger partial charge on any atom is -0.465 e. The molecule has 2 aromatic carbocycles. The molecule has 2 heterocycles. The van der Waals surface area contributed by atoms with Crippen molar-refractivity contribution in [2.45, 2.75) is 26.1 Å². The molecule has 0 radical (unpaired) electrons. The van der Waals surface area contributed by atoms with E-state index in [1.807, 2.05) is 0 Å². The van der Waals surface area contributed by atoms with Crippen LogP contribution in [0.15, 0.2) is 47.7 Å². The molecule has 4 aromatic rings. The standard InChI is InChI=1S/C27H24F5N7O4/c1-14-23-24(25(34-12-33-23)35-13-38(3)4)39(37-14)20-9-8-19(21(28)22(20)29)36-26(41)18(11-42-15(2)40)16-6-5-7-17(10-16)43-27(30,31)32/h5-10,12-13,18H,11H2,1-4H3,(H,36,41)/t18-/m0/s1. The topological polar surface area (TPSA) is 124 Å². The summed E-state index contributed by atoms with van der Waals surface area (Å²) in [6.45, 7) is 2.08. The molecule has 43 heavy (non-hydrogen) atoms. The first kappa shape index (κ1) is 30.8. The van der Waals surface area contributed by atoms with Crippen molar-refractivity contribution in [2.24, 2.45) is 4.99 Å². The molecule has 0 bridgehead atoms. The summed E-state index contributed by atoms with van der Waals surface area (Å²) in [5.41, 5.74) is -0.0165. The van der Waals surface area contributed by atoms with Crippen molar-refractivity contribution in [1.29, 1.82) is 0 Å². The Hall–Kier alpha value is -5.15. The minimum absolute atomic E-state index is 0.0395. The van der Waals surface area contributed by atoms with Gasteiger partial charge >= 0.3 is 12.3 Å². The number of fused-ring (bicyclic) bond motifs is 1. The van der Waals surface area contributed by atoms with Crippen LogP contribution in [0.1, 0.15) is 24.1 Å². The van der Waals surface area contributed by atoms with Crippen molar-refractivity contribution >= 4 is 40.8 Å². The minimum atomic E-state index is -5.00. The number of carbonyl (C=O) groups is 2. The van der Waals surface area contributed by atoms with Gasteiger partial charge in [0.1, 0.15) is 35.4 Å². The Morgan fingerprint density at radius 2 is 1.88 bits per heavy atom. The number of rotatable bonds is 9. The van der Waals surface area contributed by atoms with E-state index in [1.54, 1.807) is 25.9 Å². The fourth-order valence-electron chi connectivity index (χ4n) is 3.99. The van der Waals surface area contributed by atoms with E-state index in [1.165, 1.54) is 24.8 Å². The van der Waals surface area contributed by atoms with Gasteiger partial charge in [-0.25, -0.2) is 28.4 Å². The fourth-order valence-corrected chi connectivity index (χ4v) is 3.99. The van der Waals surface area contributed by atoms with Crippen LogP contribution in [0.4, 0.5) is 33.5 Å². The number of benzene rings is 2. The summed E-state index contributed by atoms with van der Waals surface area (Å²) in [6.07, 6.45) is -2.28. The molecule has 1 amide bonds. The van der Waals surface area contributed by atoms with Crippen LogP contribution in [0.2, 0.25) is 0 Å². The highest BCUT2D eigenvalue weighted by Gasteiger charge is 2.32. The molecular formula is C27H24F5N7O4. The van der Waals surface area contributed by atoms with Gasteiger partial charge in [0.25, 0.3) is 0 Å². The first-order valence-electron chi connectivity index (χ1n) is 12.4. The quantitative estimate of drug-likeness (QED) is 0.125. The van der Waals surface area contributed by atoms with Crippen LogP contribution in [0.25, 0.3) is 16.7 Å². The summed E-state index contributed by atoms with van der Waals surface area (Å²) in [5, 5.41) is 6.49. The number of alkyl halides is 3. The second-order valence-corrected chi connectivity index (χ2v) is 9.32. The molecule has 0 fully saturated rings. The van der Waals surface area contributed by atoms with E-state index in [2.05, 4.69) is 30.1 Å². The number of hydrogen-bond donors (Lipinski definition) is 1. The maximum Gasteiger partial charge on any atom is 0.573 e. The molecule has 16 heteroatoms. The smallest absolute Gasteiger partial charge is 0.465 e. The number of amides is 1. The van der Waals surface area contributed by atoms with E-state index in [4.69, 9.17) is 4.74 Å². The third-order valence-corrected chi connectivity index (χ3v) is 5.83. The zero-order chi connectivity index (χ0) is 31.5. The Morgan fingerprint density at radius 1 is 1.14 bits per heavy atom. The number of aromatic nitrogens is 4. The molecule has 11 nitrogen and oxygen atoms in total. The van der Waals surface area contributed by atoms with Crippen molar-refractivity contribution < 1.29 is 41.0 Å².